The number of carbonyl (C=O) groups excluding carboxylic acids is 4. The third-order valence-electron chi connectivity index (χ3n) is 5.07. The van der Waals surface area contributed by atoms with Gasteiger partial charge in [-0.25, -0.2) is 4.79 Å². The van der Waals surface area contributed by atoms with Gasteiger partial charge in [0, 0.05) is 35.4 Å². The Kier molecular flexibility index (Phi) is 5.12. The molecule has 27 heavy (non-hydrogen) atoms. The van der Waals surface area contributed by atoms with E-state index in [4.69, 9.17) is 0 Å². The van der Waals surface area contributed by atoms with E-state index in [9.17, 15) is 19.2 Å². The number of imide groups is 1. The molecule has 0 radical (unpaired) electrons. The van der Waals surface area contributed by atoms with Gasteiger partial charge in [-0.3, -0.25) is 19.3 Å². The van der Waals surface area contributed by atoms with Gasteiger partial charge in [0.05, 0.1) is 0 Å². The van der Waals surface area contributed by atoms with Gasteiger partial charge in [-0.15, -0.1) is 11.3 Å². The second-order valence-corrected chi connectivity index (χ2v) is 8.96. The van der Waals surface area contributed by atoms with Crippen LogP contribution in [0.5, 0.6) is 0 Å². The number of amides is 4. The minimum atomic E-state index is -0.977. The molecule has 1 spiro atoms. The van der Waals surface area contributed by atoms with Gasteiger partial charge in [0.1, 0.15) is 11.3 Å². The number of nitrogens with one attached hydrogen (secondary N) is 2. The van der Waals surface area contributed by atoms with E-state index in [-0.39, 0.29) is 37.0 Å². The highest BCUT2D eigenvalue weighted by Gasteiger charge is 2.54. The van der Waals surface area contributed by atoms with Gasteiger partial charge in [-0.05, 0) is 51.5 Å². The minimum Gasteiger partial charge on any atom is -0.351 e. The minimum absolute atomic E-state index is 0.00701. The molecular weight excluding hydrogens is 366 g/mol. The Labute approximate surface area is 162 Å². The average molecular weight is 391 g/mol. The molecule has 2 heterocycles. The van der Waals surface area contributed by atoms with Crippen LogP contribution in [0.4, 0.5) is 4.79 Å². The number of hydrogen-bond acceptors (Lipinski definition) is 5. The summed E-state index contributed by atoms with van der Waals surface area (Å²) in [6.07, 6.45) is 2.58. The van der Waals surface area contributed by atoms with Crippen LogP contribution in [0.15, 0.2) is 11.4 Å². The number of fused-ring (bicyclic) bond motifs is 2. The Hall–Kier alpha value is -2.22. The molecule has 0 saturated carbocycles. The fourth-order valence-corrected chi connectivity index (χ4v) is 5.06. The van der Waals surface area contributed by atoms with Crippen LogP contribution < -0.4 is 10.6 Å². The summed E-state index contributed by atoms with van der Waals surface area (Å²) in [5, 5.41) is 7.62. The zero-order chi connectivity index (χ0) is 19.8. The quantitative estimate of drug-likeness (QED) is 0.726. The van der Waals surface area contributed by atoms with Crippen molar-refractivity contribution in [3.63, 3.8) is 0 Å². The molecule has 1 aromatic rings. The van der Waals surface area contributed by atoms with E-state index < -0.39 is 17.1 Å². The van der Waals surface area contributed by atoms with Crippen molar-refractivity contribution in [1.82, 2.24) is 15.5 Å². The Morgan fingerprint density at radius 2 is 2.11 bits per heavy atom. The summed E-state index contributed by atoms with van der Waals surface area (Å²) in [6, 6.07) is 1.47. The molecular formula is C19H25N3O4S. The number of urea groups is 1. The molecule has 1 aliphatic carbocycles. The second kappa shape index (κ2) is 7.07. The number of carbonyl (C=O) groups is 4. The summed E-state index contributed by atoms with van der Waals surface area (Å²) in [5.74, 6) is -0.578. The zero-order valence-electron chi connectivity index (χ0n) is 15.9. The number of thiophene rings is 1. The van der Waals surface area contributed by atoms with Crippen molar-refractivity contribution in [2.24, 2.45) is 0 Å². The Morgan fingerprint density at radius 1 is 1.37 bits per heavy atom. The largest absolute Gasteiger partial charge is 0.351 e. The highest BCUT2D eigenvalue weighted by atomic mass is 32.1. The zero-order valence-corrected chi connectivity index (χ0v) is 16.7. The molecule has 1 atom stereocenters. The lowest BCUT2D eigenvalue weighted by atomic mass is 9.80. The van der Waals surface area contributed by atoms with Crippen molar-refractivity contribution in [1.29, 1.82) is 0 Å². The van der Waals surface area contributed by atoms with Crippen molar-refractivity contribution in [3.8, 4) is 0 Å². The molecule has 0 bridgehead atoms. The van der Waals surface area contributed by atoms with E-state index in [2.05, 4.69) is 10.6 Å². The highest BCUT2D eigenvalue weighted by Crippen LogP contribution is 2.42. The van der Waals surface area contributed by atoms with Crippen molar-refractivity contribution in [3.05, 3.63) is 21.9 Å². The monoisotopic (exact) mass is 391 g/mol. The van der Waals surface area contributed by atoms with Gasteiger partial charge in [0.2, 0.25) is 5.91 Å². The van der Waals surface area contributed by atoms with Crippen molar-refractivity contribution < 1.29 is 19.2 Å². The fraction of sp³-hybridized carbons (Fsp3) is 0.579. The van der Waals surface area contributed by atoms with Gasteiger partial charge in [-0.1, -0.05) is 0 Å². The standard InChI is InChI=1S/C19H25N3O4S/c1-12(23)11-18(2,3)20-15(24)6-9-22-16(25)19(21-17(22)26)8-4-5-14-13(19)7-10-27-14/h7,10H,4-6,8-9,11H2,1-3H3,(H,20,24)(H,21,26)/t19-/m0/s1. The average Bonchev–Trinajstić information content (AvgIpc) is 3.10. The predicted molar refractivity (Wildman–Crippen MR) is 101 cm³/mol. The maximum atomic E-state index is 13.1. The van der Waals surface area contributed by atoms with Crippen LogP contribution in [0.2, 0.25) is 0 Å². The molecule has 0 unspecified atom stereocenters. The number of ketones is 1. The number of aryl methyl sites for hydroxylation is 1. The van der Waals surface area contributed by atoms with Gasteiger partial charge in [0.15, 0.2) is 0 Å². The van der Waals surface area contributed by atoms with Crippen LogP contribution in [0.3, 0.4) is 0 Å². The lowest BCUT2D eigenvalue weighted by Crippen LogP contribution is -2.47. The van der Waals surface area contributed by atoms with E-state index in [1.165, 1.54) is 6.92 Å². The summed E-state index contributed by atoms with van der Waals surface area (Å²) in [4.78, 5) is 51.3. The van der Waals surface area contributed by atoms with E-state index in [0.29, 0.717) is 6.42 Å². The van der Waals surface area contributed by atoms with Crippen LogP contribution in [0.25, 0.3) is 0 Å². The first-order chi connectivity index (χ1) is 12.6. The number of rotatable bonds is 6. The molecule has 1 aliphatic heterocycles. The summed E-state index contributed by atoms with van der Waals surface area (Å²) >= 11 is 1.61. The lowest BCUT2D eigenvalue weighted by molar-refractivity contribution is -0.132. The third-order valence-corrected chi connectivity index (χ3v) is 6.05. The van der Waals surface area contributed by atoms with E-state index in [1.807, 2.05) is 11.4 Å². The van der Waals surface area contributed by atoms with Gasteiger partial charge < -0.3 is 10.6 Å². The van der Waals surface area contributed by atoms with Crippen LogP contribution in [-0.4, -0.2) is 40.6 Å². The van der Waals surface area contributed by atoms with Gasteiger partial charge >= 0.3 is 6.03 Å². The lowest BCUT2D eigenvalue weighted by Gasteiger charge is -2.31. The van der Waals surface area contributed by atoms with Crippen LogP contribution in [-0.2, 0) is 26.3 Å². The smallest absolute Gasteiger partial charge is 0.325 e. The maximum Gasteiger partial charge on any atom is 0.325 e. The molecule has 2 aliphatic rings. The predicted octanol–water partition coefficient (Wildman–Crippen LogP) is 2.10. The SMILES string of the molecule is CC(=O)CC(C)(C)NC(=O)CCN1C(=O)N[C@]2(CCCc3sccc32)C1=O. The van der Waals surface area contributed by atoms with E-state index >= 15 is 0 Å². The first-order valence-corrected chi connectivity index (χ1v) is 10.0. The first kappa shape index (κ1) is 19.5. The molecule has 8 heteroatoms. The molecule has 146 valence electrons. The van der Waals surface area contributed by atoms with Gasteiger partial charge in [-0.2, -0.15) is 0 Å². The second-order valence-electron chi connectivity index (χ2n) is 7.96. The van der Waals surface area contributed by atoms with E-state index in [0.717, 1.165) is 28.2 Å². The number of hydrogen-bond donors (Lipinski definition) is 2. The maximum absolute atomic E-state index is 13.1. The topological polar surface area (TPSA) is 95.6 Å². The molecule has 4 amide bonds. The number of nitrogens with zero attached hydrogens (tertiary/aromatic N) is 1. The van der Waals surface area contributed by atoms with Gasteiger partial charge in [0.25, 0.3) is 5.91 Å². The highest BCUT2D eigenvalue weighted by molar-refractivity contribution is 7.10. The molecule has 1 aromatic heterocycles. The van der Waals surface area contributed by atoms with Crippen LogP contribution in [0.1, 0.15) is 56.9 Å². The Balaban J connectivity index is 1.66. The molecule has 1 fully saturated rings. The van der Waals surface area contributed by atoms with Crippen molar-refractivity contribution >= 4 is 35.0 Å². The number of Topliss-reactive ketones (excluding diaryl/α,β-unsaturated/α-hetero) is 1. The van der Waals surface area contributed by atoms with E-state index in [1.54, 1.807) is 25.2 Å². The summed E-state index contributed by atoms with van der Waals surface area (Å²) in [6.45, 7) is 5.04. The normalized spacial score (nSPS) is 22.0. The summed E-state index contributed by atoms with van der Waals surface area (Å²) < 4.78 is 0. The summed E-state index contributed by atoms with van der Waals surface area (Å²) in [7, 11) is 0. The van der Waals surface area contributed by atoms with Crippen molar-refractivity contribution in [2.45, 2.75) is 64.0 Å². The molecule has 3 rings (SSSR count). The summed E-state index contributed by atoms with van der Waals surface area (Å²) in [5.41, 5.74) is -0.738. The van der Waals surface area contributed by atoms with Crippen LogP contribution in [0, 0.1) is 0 Å². The van der Waals surface area contributed by atoms with Crippen molar-refractivity contribution in [2.75, 3.05) is 6.54 Å². The Bertz CT molecular complexity index is 801. The molecule has 0 aromatic carbocycles. The molecule has 2 N–H and O–H groups in total. The fourth-order valence-electron chi connectivity index (χ4n) is 4.06. The first-order valence-electron chi connectivity index (χ1n) is 9.16. The van der Waals surface area contributed by atoms with Crippen LogP contribution >= 0.6 is 11.3 Å². The molecule has 1 saturated heterocycles. The third kappa shape index (κ3) is 3.76. The Morgan fingerprint density at radius 3 is 2.81 bits per heavy atom. The molecule has 7 nitrogen and oxygen atoms in total.